The third-order valence-corrected chi connectivity index (χ3v) is 3.60. The molecule has 0 aliphatic carbocycles. The average molecular weight is 364 g/mol. The third kappa shape index (κ3) is 6.89. The van der Waals surface area contributed by atoms with Gasteiger partial charge in [-0.05, 0) is 19.4 Å². The van der Waals surface area contributed by atoms with Crippen molar-refractivity contribution in [1.29, 1.82) is 0 Å². The van der Waals surface area contributed by atoms with Gasteiger partial charge in [0.15, 0.2) is 0 Å². The van der Waals surface area contributed by atoms with E-state index in [2.05, 4.69) is 16.0 Å². The molecule has 1 aromatic carbocycles. The Bertz CT molecular complexity index is 650. The van der Waals surface area contributed by atoms with E-state index >= 15 is 0 Å². The number of hydrogen-bond donors (Lipinski definition) is 5. The zero-order valence-corrected chi connectivity index (χ0v) is 14.7. The Balaban J connectivity index is 2.85. The summed E-state index contributed by atoms with van der Waals surface area (Å²) in [6, 6.07) is 5.96. The summed E-state index contributed by atoms with van der Waals surface area (Å²) < 4.78 is 0. The Morgan fingerprint density at radius 3 is 2.12 bits per heavy atom. The van der Waals surface area contributed by atoms with E-state index in [1.165, 1.54) is 13.8 Å². The largest absolute Gasteiger partial charge is 0.480 e. The summed E-state index contributed by atoms with van der Waals surface area (Å²) in [6.45, 7) is 2.52. The second kappa shape index (κ2) is 10.1. The summed E-state index contributed by atoms with van der Waals surface area (Å²) in [5.41, 5.74) is 5.98. The first-order valence-corrected chi connectivity index (χ1v) is 8.11. The first-order valence-electron chi connectivity index (χ1n) is 8.11. The summed E-state index contributed by atoms with van der Waals surface area (Å²) in [6.07, 6.45) is 0.169. The molecule has 9 nitrogen and oxygen atoms in total. The smallest absolute Gasteiger partial charge is 0.325 e. The van der Waals surface area contributed by atoms with E-state index < -0.39 is 41.8 Å². The standard InChI is InChI=1S/C17H24N4O5/c1-10(19-14(22)9-18)15(23)21-13(8-12-6-4-3-5-7-12)16(24)20-11(2)17(25)26/h3-7,10-11,13H,8-9,18H2,1-2H3,(H,19,22)(H,20,24)(H,21,23)(H,25,26). The normalized spacial score (nSPS) is 13.8. The zero-order valence-electron chi connectivity index (χ0n) is 14.7. The van der Waals surface area contributed by atoms with Gasteiger partial charge >= 0.3 is 5.97 Å². The number of amides is 3. The number of nitrogens with one attached hydrogen (secondary N) is 3. The van der Waals surface area contributed by atoms with Crippen molar-refractivity contribution in [3.63, 3.8) is 0 Å². The van der Waals surface area contributed by atoms with Crippen molar-refractivity contribution in [2.45, 2.75) is 38.4 Å². The van der Waals surface area contributed by atoms with E-state index in [0.717, 1.165) is 5.56 Å². The molecular weight excluding hydrogens is 340 g/mol. The molecule has 3 atom stereocenters. The molecule has 0 saturated carbocycles. The maximum absolute atomic E-state index is 12.4. The summed E-state index contributed by atoms with van der Waals surface area (Å²) in [5.74, 6) is -2.90. The molecule has 0 radical (unpaired) electrons. The lowest BCUT2D eigenvalue weighted by molar-refractivity contribution is -0.141. The molecule has 1 rings (SSSR count). The first kappa shape index (κ1) is 21.1. The summed E-state index contributed by atoms with van der Waals surface area (Å²) in [7, 11) is 0. The van der Waals surface area contributed by atoms with Crippen molar-refractivity contribution in [3.8, 4) is 0 Å². The van der Waals surface area contributed by atoms with Crippen LogP contribution in [0.1, 0.15) is 19.4 Å². The molecule has 0 bridgehead atoms. The van der Waals surface area contributed by atoms with Crippen LogP contribution in [0.15, 0.2) is 30.3 Å². The molecule has 3 amide bonds. The van der Waals surface area contributed by atoms with Gasteiger partial charge in [-0.2, -0.15) is 0 Å². The van der Waals surface area contributed by atoms with E-state index in [9.17, 15) is 19.2 Å². The van der Waals surface area contributed by atoms with Crippen LogP contribution in [-0.4, -0.2) is 53.5 Å². The SMILES string of the molecule is CC(NC(=O)C(Cc1ccccc1)NC(=O)C(C)NC(=O)CN)C(=O)O. The topological polar surface area (TPSA) is 151 Å². The lowest BCUT2D eigenvalue weighted by atomic mass is 10.0. The number of rotatable bonds is 9. The van der Waals surface area contributed by atoms with Crippen LogP contribution in [0.25, 0.3) is 0 Å². The first-order chi connectivity index (χ1) is 12.2. The maximum Gasteiger partial charge on any atom is 0.325 e. The van der Waals surface area contributed by atoms with Gasteiger partial charge in [0.05, 0.1) is 6.54 Å². The Morgan fingerprint density at radius 2 is 1.58 bits per heavy atom. The lowest BCUT2D eigenvalue weighted by Crippen LogP contribution is -2.55. The van der Waals surface area contributed by atoms with Crippen molar-refractivity contribution in [1.82, 2.24) is 16.0 Å². The molecule has 3 unspecified atom stereocenters. The van der Waals surface area contributed by atoms with Gasteiger partial charge in [-0.1, -0.05) is 30.3 Å². The van der Waals surface area contributed by atoms with Crippen molar-refractivity contribution in [2.24, 2.45) is 5.73 Å². The zero-order chi connectivity index (χ0) is 19.7. The van der Waals surface area contributed by atoms with Crippen LogP contribution in [-0.2, 0) is 25.6 Å². The van der Waals surface area contributed by atoms with E-state index in [0.29, 0.717) is 0 Å². The number of carboxylic acids is 1. The summed E-state index contributed by atoms with van der Waals surface area (Å²) >= 11 is 0. The van der Waals surface area contributed by atoms with Crippen LogP contribution < -0.4 is 21.7 Å². The minimum absolute atomic E-state index is 0.169. The van der Waals surface area contributed by atoms with Crippen LogP contribution in [0.4, 0.5) is 0 Å². The number of carbonyl (C=O) groups excluding carboxylic acids is 3. The third-order valence-electron chi connectivity index (χ3n) is 3.60. The Morgan fingerprint density at radius 1 is 0.962 bits per heavy atom. The predicted octanol–water partition coefficient (Wildman–Crippen LogP) is -1.23. The Kier molecular flexibility index (Phi) is 8.23. The molecule has 0 heterocycles. The van der Waals surface area contributed by atoms with Crippen LogP contribution in [0.5, 0.6) is 0 Å². The van der Waals surface area contributed by atoms with Crippen LogP contribution in [0.3, 0.4) is 0 Å². The molecule has 0 fully saturated rings. The number of aliphatic carboxylic acids is 1. The lowest BCUT2D eigenvalue weighted by Gasteiger charge is -2.22. The fraction of sp³-hybridized carbons (Fsp3) is 0.412. The van der Waals surface area contributed by atoms with Gasteiger partial charge in [0.25, 0.3) is 0 Å². The highest BCUT2D eigenvalue weighted by Crippen LogP contribution is 2.04. The van der Waals surface area contributed by atoms with Crippen LogP contribution in [0, 0.1) is 0 Å². The number of hydrogen-bond acceptors (Lipinski definition) is 5. The molecule has 0 aromatic heterocycles. The second-order valence-electron chi connectivity index (χ2n) is 5.81. The second-order valence-corrected chi connectivity index (χ2v) is 5.81. The molecule has 0 aliphatic heterocycles. The number of benzene rings is 1. The molecule has 1 aromatic rings. The quantitative estimate of drug-likeness (QED) is 0.370. The molecule has 0 spiro atoms. The highest BCUT2D eigenvalue weighted by Gasteiger charge is 2.26. The van der Waals surface area contributed by atoms with Gasteiger partial charge in [-0.3, -0.25) is 19.2 Å². The van der Waals surface area contributed by atoms with Crippen molar-refractivity contribution in [3.05, 3.63) is 35.9 Å². The molecule has 0 saturated heterocycles. The molecule has 0 aliphatic rings. The van der Waals surface area contributed by atoms with Crippen molar-refractivity contribution < 1.29 is 24.3 Å². The van der Waals surface area contributed by atoms with Gasteiger partial charge in [-0.25, -0.2) is 0 Å². The number of carboxylic acid groups (broad SMARTS) is 1. The van der Waals surface area contributed by atoms with Gasteiger partial charge in [0.1, 0.15) is 18.1 Å². The minimum atomic E-state index is -1.19. The van der Waals surface area contributed by atoms with E-state index in [1.54, 1.807) is 24.3 Å². The van der Waals surface area contributed by atoms with E-state index in [4.69, 9.17) is 10.8 Å². The molecule has 9 heteroatoms. The summed E-state index contributed by atoms with van der Waals surface area (Å²) in [4.78, 5) is 46.9. The Labute approximate surface area is 151 Å². The molecule has 26 heavy (non-hydrogen) atoms. The van der Waals surface area contributed by atoms with Gasteiger partial charge < -0.3 is 26.8 Å². The highest BCUT2D eigenvalue weighted by molar-refractivity contribution is 5.93. The average Bonchev–Trinajstić information content (AvgIpc) is 2.61. The fourth-order valence-corrected chi connectivity index (χ4v) is 2.10. The fourth-order valence-electron chi connectivity index (χ4n) is 2.10. The number of carbonyl (C=O) groups is 4. The van der Waals surface area contributed by atoms with Crippen molar-refractivity contribution >= 4 is 23.7 Å². The van der Waals surface area contributed by atoms with Gasteiger partial charge in [0, 0.05) is 6.42 Å². The van der Waals surface area contributed by atoms with Gasteiger partial charge in [0.2, 0.25) is 17.7 Å². The van der Waals surface area contributed by atoms with Crippen LogP contribution >= 0.6 is 0 Å². The highest BCUT2D eigenvalue weighted by atomic mass is 16.4. The maximum atomic E-state index is 12.4. The predicted molar refractivity (Wildman–Crippen MR) is 94.0 cm³/mol. The molecule has 6 N–H and O–H groups in total. The molecular formula is C17H24N4O5. The monoisotopic (exact) mass is 364 g/mol. The van der Waals surface area contributed by atoms with E-state index in [-0.39, 0.29) is 13.0 Å². The number of nitrogens with two attached hydrogens (primary N) is 1. The molecule has 142 valence electrons. The Hall–Kier alpha value is -2.94. The minimum Gasteiger partial charge on any atom is -0.480 e. The van der Waals surface area contributed by atoms with E-state index in [1.807, 2.05) is 6.07 Å². The van der Waals surface area contributed by atoms with Crippen molar-refractivity contribution in [2.75, 3.05) is 6.54 Å². The van der Waals surface area contributed by atoms with Gasteiger partial charge in [-0.15, -0.1) is 0 Å². The van der Waals surface area contributed by atoms with Crippen LogP contribution in [0.2, 0.25) is 0 Å². The summed E-state index contributed by atoms with van der Waals surface area (Å²) in [5, 5.41) is 16.2.